The van der Waals surface area contributed by atoms with Crippen molar-refractivity contribution in [1.82, 2.24) is 0 Å². The number of halogens is 1. The monoisotopic (exact) mass is 351 g/mol. The Hall–Kier alpha value is -2.21. The van der Waals surface area contributed by atoms with E-state index in [4.69, 9.17) is 20.3 Å². The lowest BCUT2D eigenvalue weighted by Crippen LogP contribution is -2.03. The average molecular weight is 352 g/mol. The van der Waals surface area contributed by atoms with E-state index >= 15 is 0 Å². The second-order valence-electron chi connectivity index (χ2n) is 4.30. The number of carboxylic acid groups (broad SMARTS) is 1. The Balaban J connectivity index is 2.13. The van der Waals surface area contributed by atoms with Crippen molar-refractivity contribution >= 4 is 27.6 Å². The van der Waals surface area contributed by atoms with Crippen LogP contribution >= 0.6 is 15.9 Å². The Kier molecular flexibility index (Phi) is 4.70. The van der Waals surface area contributed by atoms with E-state index in [0.29, 0.717) is 12.4 Å². The van der Waals surface area contributed by atoms with E-state index in [0.717, 1.165) is 15.8 Å². The number of nitrogens with two attached hydrogens (primary N) is 1. The molecular formula is C15H14BrNO4. The van der Waals surface area contributed by atoms with E-state index in [2.05, 4.69) is 15.9 Å². The second-order valence-corrected chi connectivity index (χ2v) is 5.15. The smallest absolute Gasteiger partial charge is 0.337 e. The van der Waals surface area contributed by atoms with Gasteiger partial charge in [-0.3, -0.25) is 0 Å². The molecular weight excluding hydrogens is 338 g/mol. The average Bonchev–Trinajstić information content (AvgIpc) is 2.46. The Morgan fingerprint density at radius 2 is 1.95 bits per heavy atom. The normalized spacial score (nSPS) is 10.2. The van der Waals surface area contributed by atoms with Gasteiger partial charge < -0.3 is 20.3 Å². The zero-order chi connectivity index (χ0) is 15.4. The lowest BCUT2D eigenvalue weighted by molar-refractivity contribution is 0.0698. The van der Waals surface area contributed by atoms with Gasteiger partial charge in [0.1, 0.15) is 18.1 Å². The van der Waals surface area contributed by atoms with Crippen molar-refractivity contribution in [3.63, 3.8) is 0 Å². The first-order chi connectivity index (χ1) is 10.0. The molecule has 110 valence electrons. The maximum Gasteiger partial charge on any atom is 0.337 e. The number of hydrogen-bond acceptors (Lipinski definition) is 4. The summed E-state index contributed by atoms with van der Waals surface area (Å²) in [5.41, 5.74) is 6.82. The molecule has 0 atom stereocenters. The van der Waals surface area contributed by atoms with Crippen molar-refractivity contribution in [2.24, 2.45) is 0 Å². The van der Waals surface area contributed by atoms with Crippen molar-refractivity contribution < 1.29 is 19.4 Å². The van der Waals surface area contributed by atoms with E-state index in [-0.39, 0.29) is 11.3 Å². The number of carboxylic acids is 1. The minimum atomic E-state index is -1.06. The van der Waals surface area contributed by atoms with E-state index in [9.17, 15) is 4.79 Å². The van der Waals surface area contributed by atoms with Crippen molar-refractivity contribution in [3.05, 3.63) is 52.0 Å². The Labute approximate surface area is 130 Å². The van der Waals surface area contributed by atoms with Crippen LogP contribution < -0.4 is 15.2 Å². The van der Waals surface area contributed by atoms with Crippen LogP contribution in [0.3, 0.4) is 0 Å². The molecule has 0 aliphatic heterocycles. The third kappa shape index (κ3) is 3.66. The Morgan fingerprint density at radius 3 is 2.57 bits per heavy atom. The molecule has 2 rings (SSSR count). The number of ether oxygens (including phenoxy) is 2. The molecule has 0 amide bonds. The van der Waals surface area contributed by atoms with Gasteiger partial charge in [0.15, 0.2) is 0 Å². The van der Waals surface area contributed by atoms with E-state index < -0.39 is 5.97 Å². The molecule has 0 radical (unpaired) electrons. The Morgan fingerprint density at radius 1 is 1.24 bits per heavy atom. The molecule has 0 bridgehead atoms. The van der Waals surface area contributed by atoms with Gasteiger partial charge in [-0.1, -0.05) is 15.9 Å². The number of aromatic carboxylic acids is 1. The van der Waals surface area contributed by atoms with Gasteiger partial charge in [0, 0.05) is 21.8 Å². The van der Waals surface area contributed by atoms with Gasteiger partial charge >= 0.3 is 5.97 Å². The van der Waals surface area contributed by atoms with Crippen molar-refractivity contribution in [3.8, 4) is 11.5 Å². The molecule has 0 saturated carbocycles. The molecule has 0 aliphatic carbocycles. The quantitative estimate of drug-likeness (QED) is 0.807. The summed E-state index contributed by atoms with van der Waals surface area (Å²) in [4.78, 5) is 10.9. The minimum absolute atomic E-state index is 0.0601. The van der Waals surface area contributed by atoms with Crippen LogP contribution in [0.1, 0.15) is 15.9 Å². The zero-order valence-electron chi connectivity index (χ0n) is 11.3. The molecule has 0 saturated heterocycles. The molecule has 0 aromatic heterocycles. The summed E-state index contributed by atoms with van der Waals surface area (Å²) >= 11 is 3.44. The number of methoxy groups -OCH3 is 1. The summed E-state index contributed by atoms with van der Waals surface area (Å²) in [6, 6.07) is 10.1. The van der Waals surface area contributed by atoms with Crippen LogP contribution in [0.15, 0.2) is 40.9 Å². The first kappa shape index (κ1) is 15.2. The predicted octanol–water partition coefficient (Wildman–Crippen LogP) is 3.32. The first-order valence-electron chi connectivity index (χ1n) is 6.09. The molecule has 0 unspecified atom stereocenters. The molecule has 2 aromatic carbocycles. The van der Waals surface area contributed by atoms with Gasteiger partial charge in [0.2, 0.25) is 0 Å². The van der Waals surface area contributed by atoms with Gasteiger partial charge in [0.25, 0.3) is 0 Å². The molecule has 6 heteroatoms. The summed E-state index contributed by atoms with van der Waals surface area (Å²) in [5, 5.41) is 8.92. The predicted molar refractivity (Wildman–Crippen MR) is 82.8 cm³/mol. The van der Waals surface area contributed by atoms with Gasteiger partial charge in [-0.25, -0.2) is 4.79 Å². The number of hydrogen-bond donors (Lipinski definition) is 2. The van der Waals surface area contributed by atoms with Crippen LogP contribution in [-0.4, -0.2) is 18.2 Å². The third-order valence-electron chi connectivity index (χ3n) is 2.90. The van der Waals surface area contributed by atoms with Crippen LogP contribution in [0.4, 0.5) is 5.69 Å². The SMILES string of the molecule is COc1ccc(Br)c(COc2ccc(C(=O)O)c(N)c2)c1. The van der Waals surface area contributed by atoms with Crippen molar-refractivity contribution in [2.75, 3.05) is 12.8 Å². The fraction of sp³-hybridized carbons (Fsp3) is 0.133. The molecule has 0 fully saturated rings. The molecule has 5 nitrogen and oxygen atoms in total. The van der Waals surface area contributed by atoms with E-state index in [1.165, 1.54) is 12.1 Å². The van der Waals surface area contributed by atoms with Gasteiger partial charge in [-0.15, -0.1) is 0 Å². The van der Waals surface area contributed by atoms with E-state index in [1.54, 1.807) is 13.2 Å². The highest BCUT2D eigenvalue weighted by Crippen LogP contribution is 2.25. The molecule has 0 aliphatic rings. The summed E-state index contributed by atoms with van der Waals surface area (Å²) in [6.45, 7) is 0.309. The number of nitrogen functional groups attached to an aromatic ring is 1. The number of carbonyl (C=O) groups is 1. The number of benzene rings is 2. The maximum atomic E-state index is 10.9. The van der Waals surface area contributed by atoms with Gasteiger partial charge in [-0.05, 0) is 30.3 Å². The Bertz CT molecular complexity index is 673. The first-order valence-corrected chi connectivity index (χ1v) is 6.88. The molecule has 2 aromatic rings. The maximum absolute atomic E-state index is 10.9. The summed E-state index contributed by atoms with van der Waals surface area (Å²) in [7, 11) is 1.60. The highest BCUT2D eigenvalue weighted by Gasteiger charge is 2.09. The minimum Gasteiger partial charge on any atom is -0.497 e. The fourth-order valence-corrected chi connectivity index (χ4v) is 2.14. The summed E-state index contributed by atoms with van der Waals surface area (Å²) < 4.78 is 11.7. The fourth-order valence-electron chi connectivity index (χ4n) is 1.78. The highest BCUT2D eigenvalue weighted by atomic mass is 79.9. The zero-order valence-corrected chi connectivity index (χ0v) is 12.9. The molecule has 21 heavy (non-hydrogen) atoms. The lowest BCUT2D eigenvalue weighted by Gasteiger charge is -2.10. The summed E-state index contributed by atoms with van der Waals surface area (Å²) in [6.07, 6.45) is 0. The van der Waals surface area contributed by atoms with Crippen LogP contribution in [0, 0.1) is 0 Å². The van der Waals surface area contributed by atoms with Crippen LogP contribution in [0.25, 0.3) is 0 Å². The van der Waals surface area contributed by atoms with Gasteiger partial charge in [0.05, 0.1) is 12.7 Å². The second kappa shape index (κ2) is 6.49. The van der Waals surface area contributed by atoms with Crippen molar-refractivity contribution in [1.29, 1.82) is 0 Å². The standard InChI is InChI=1S/C15H14BrNO4/c1-20-10-3-5-13(16)9(6-10)8-21-11-2-4-12(15(18)19)14(17)7-11/h2-7H,8,17H2,1H3,(H,18,19). The van der Waals surface area contributed by atoms with E-state index in [1.807, 2.05) is 18.2 Å². The largest absolute Gasteiger partial charge is 0.497 e. The van der Waals surface area contributed by atoms with Crippen LogP contribution in [0.2, 0.25) is 0 Å². The van der Waals surface area contributed by atoms with Gasteiger partial charge in [-0.2, -0.15) is 0 Å². The molecule has 0 heterocycles. The number of anilines is 1. The van der Waals surface area contributed by atoms with Crippen LogP contribution in [0.5, 0.6) is 11.5 Å². The molecule has 3 N–H and O–H groups in total. The summed E-state index contributed by atoms with van der Waals surface area (Å²) in [5.74, 6) is 0.180. The van der Waals surface area contributed by atoms with Crippen LogP contribution in [-0.2, 0) is 6.61 Å². The lowest BCUT2D eigenvalue weighted by atomic mass is 10.2. The third-order valence-corrected chi connectivity index (χ3v) is 3.67. The number of rotatable bonds is 5. The highest BCUT2D eigenvalue weighted by molar-refractivity contribution is 9.10. The molecule has 0 spiro atoms. The van der Waals surface area contributed by atoms with Crippen molar-refractivity contribution in [2.45, 2.75) is 6.61 Å². The topological polar surface area (TPSA) is 81.8 Å².